The number of carbonyl (C=O) groups is 1. The Balaban J connectivity index is 1.93. The molecule has 0 aromatic heterocycles. The fraction of sp³-hybridized carbons (Fsp3) is 0.650. The summed E-state index contributed by atoms with van der Waals surface area (Å²) in [6.45, 7) is 1.46. The van der Waals surface area contributed by atoms with Crippen LogP contribution in [0, 0.1) is 10.1 Å². The van der Waals surface area contributed by atoms with Crippen molar-refractivity contribution >= 4 is 11.6 Å². The molecule has 1 aromatic carbocycles. The third kappa shape index (κ3) is 7.17. The molecule has 1 aliphatic carbocycles. The molecule has 0 radical (unpaired) electrons. The Morgan fingerprint density at radius 2 is 1.90 bits per heavy atom. The third-order valence-electron chi connectivity index (χ3n) is 4.78. The van der Waals surface area contributed by atoms with Crippen molar-refractivity contribution in [3.05, 3.63) is 27.8 Å². The highest BCUT2D eigenvalue weighted by molar-refractivity contribution is 5.99. The lowest BCUT2D eigenvalue weighted by atomic mass is 9.98. The van der Waals surface area contributed by atoms with Gasteiger partial charge in [0.2, 0.25) is 0 Å². The van der Waals surface area contributed by atoms with Crippen LogP contribution in [0.3, 0.4) is 0 Å². The topological polar surface area (TPSA) is 109 Å². The molecule has 162 valence electrons. The van der Waals surface area contributed by atoms with Gasteiger partial charge in [-0.3, -0.25) is 14.9 Å². The van der Waals surface area contributed by atoms with Crippen molar-refractivity contribution in [1.29, 1.82) is 0 Å². The monoisotopic (exact) mass is 410 g/mol. The molecule has 0 saturated heterocycles. The number of methoxy groups -OCH3 is 2. The van der Waals surface area contributed by atoms with Crippen molar-refractivity contribution in [2.75, 3.05) is 40.6 Å². The SMILES string of the molecule is COCCOc1cc([N+](=O)[O-])c(C(=O)NCCCOC2CCCCC2)cc1OC. The van der Waals surface area contributed by atoms with E-state index in [0.29, 0.717) is 32.3 Å². The van der Waals surface area contributed by atoms with Crippen LogP contribution in [0.15, 0.2) is 12.1 Å². The normalized spacial score (nSPS) is 14.4. The highest BCUT2D eigenvalue weighted by Crippen LogP contribution is 2.34. The van der Waals surface area contributed by atoms with Crippen molar-refractivity contribution < 1.29 is 28.7 Å². The summed E-state index contributed by atoms with van der Waals surface area (Å²) in [4.78, 5) is 23.3. The highest BCUT2D eigenvalue weighted by Gasteiger charge is 2.24. The molecule has 0 unspecified atom stereocenters. The smallest absolute Gasteiger partial charge is 0.286 e. The van der Waals surface area contributed by atoms with Crippen molar-refractivity contribution in [3.63, 3.8) is 0 Å². The first-order chi connectivity index (χ1) is 14.1. The zero-order valence-corrected chi connectivity index (χ0v) is 17.1. The van der Waals surface area contributed by atoms with Gasteiger partial charge in [-0.1, -0.05) is 19.3 Å². The minimum absolute atomic E-state index is 0.0702. The summed E-state index contributed by atoms with van der Waals surface area (Å²) in [5.74, 6) is -0.0951. The Kier molecular flexibility index (Phi) is 9.66. The van der Waals surface area contributed by atoms with E-state index in [0.717, 1.165) is 12.8 Å². The summed E-state index contributed by atoms with van der Waals surface area (Å²) >= 11 is 0. The summed E-state index contributed by atoms with van der Waals surface area (Å²) in [6, 6.07) is 2.53. The number of nitro benzene ring substituents is 1. The largest absolute Gasteiger partial charge is 0.493 e. The first-order valence-electron chi connectivity index (χ1n) is 9.94. The van der Waals surface area contributed by atoms with Crippen LogP contribution in [0.5, 0.6) is 11.5 Å². The number of rotatable bonds is 12. The van der Waals surface area contributed by atoms with E-state index in [1.54, 1.807) is 0 Å². The van der Waals surface area contributed by atoms with E-state index < -0.39 is 10.8 Å². The fourth-order valence-electron chi connectivity index (χ4n) is 3.24. The van der Waals surface area contributed by atoms with Gasteiger partial charge in [0, 0.05) is 26.3 Å². The first-order valence-corrected chi connectivity index (χ1v) is 9.94. The molecule has 0 aliphatic heterocycles. The Morgan fingerprint density at radius 1 is 1.14 bits per heavy atom. The van der Waals surface area contributed by atoms with Crippen LogP contribution in [0.2, 0.25) is 0 Å². The number of hydrogen-bond donors (Lipinski definition) is 1. The molecule has 0 heterocycles. The molecule has 2 rings (SSSR count). The summed E-state index contributed by atoms with van der Waals surface area (Å²) in [5, 5.41) is 14.2. The molecular weight excluding hydrogens is 380 g/mol. The molecule has 29 heavy (non-hydrogen) atoms. The summed E-state index contributed by atoms with van der Waals surface area (Å²) in [5.41, 5.74) is -0.409. The van der Waals surface area contributed by atoms with Crippen molar-refractivity contribution in [2.45, 2.75) is 44.6 Å². The van der Waals surface area contributed by atoms with Gasteiger partial charge < -0.3 is 24.3 Å². The van der Waals surface area contributed by atoms with Crippen LogP contribution in [-0.4, -0.2) is 57.5 Å². The predicted molar refractivity (Wildman–Crippen MR) is 107 cm³/mol. The second-order valence-corrected chi connectivity index (χ2v) is 6.86. The Labute approximate surface area is 170 Å². The van der Waals surface area contributed by atoms with Gasteiger partial charge in [-0.25, -0.2) is 0 Å². The maximum Gasteiger partial charge on any atom is 0.286 e. The quantitative estimate of drug-likeness (QED) is 0.320. The summed E-state index contributed by atoms with van der Waals surface area (Å²) < 4.78 is 21.4. The number of ether oxygens (including phenoxy) is 4. The van der Waals surface area contributed by atoms with E-state index in [-0.39, 0.29) is 29.4 Å². The van der Waals surface area contributed by atoms with Crippen molar-refractivity contribution in [2.24, 2.45) is 0 Å². The van der Waals surface area contributed by atoms with Crippen LogP contribution in [0.4, 0.5) is 5.69 Å². The van der Waals surface area contributed by atoms with Gasteiger partial charge in [0.25, 0.3) is 11.6 Å². The molecule has 9 heteroatoms. The van der Waals surface area contributed by atoms with Crippen molar-refractivity contribution in [3.8, 4) is 11.5 Å². The fourth-order valence-corrected chi connectivity index (χ4v) is 3.24. The number of nitro groups is 1. The van der Waals surface area contributed by atoms with Crippen LogP contribution in [0.25, 0.3) is 0 Å². The van der Waals surface area contributed by atoms with Crippen LogP contribution < -0.4 is 14.8 Å². The van der Waals surface area contributed by atoms with E-state index in [1.165, 1.54) is 45.6 Å². The van der Waals surface area contributed by atoms with E-state index in [2.05, 4.69) is 5.32 Å². The first kappa shape index (κ1) is 22.9. The Morgan fingerprint density at radius 3 is 2.55 bits per heavy atom. The van der Waals surface area contributed by atoms with Gasteiger partial charge in [-0.15, -0.1) is 0 Å². The maximum absolute atomic E-state index is 12.5. The van der Waals surface area contributed by atoms with Crippen molar-refractivity contribution in [1.82, 2.24) is 5.32 Å². The zero-order chi connectivity index (χ0) is 21.1. The number of hydrogen-bond acceptors (Lipinski definition) is 7. The molecule has 0 atom stereocenters. The molecule has 1 amide bonds. The molecule has 0 bridgehead atoms. The lowest BCUT2D eigenvalue weighted by Crippen LogP contribution is -2.27. The van der Waals surface area contributed by atoms with Crippen LogP contribution in [0.1, 0.15) is 48.9 Å². The lowest BCUT2D eigenvalue weighted by Gasteiger charge is -2.21. The van der Waals surface area contributed by atoms with E-state index in [4.69, 9.17) is 18.9 Å². The molecule has 1 aromatic rings. The van der Waals surface area contributed by atoms with Gasteiger partial charge >= 0.3 is 0 Å². The third-order valence-corrected chi connectivity index (χ3v) is 4.78. The van der Waals surface area contributed by atoms with Gasteiger partial charge in [-0.2, -0.15) is 0 Å². The van der Waals surface area contributed by atoms with Gasteiger partial charge in [0.05, 0.1) is 30.8 Å². The van der Waals surface area contributed by atoms with Gasteiger partial charge in [0.15, 0.2) is 11.5 Å². The minimum atomic E-state index is -0.607. The predicted octanol–water partition coefficient (Wildman–Crippen LogP) is 3.10. The minimum Gasteiger partial charge on any atom is -0.493 e. The Bertz CT molecular complexity index is 675. The number of nitrogens with zero attached hydrogens (tertiary/aromatic N) is 1. The molecule has 1 fully saturated rings. The standard InChI is InChI=1S/C20H30N2O7/c1-26-11-12-29-19-14-17(22(24)25)16(13-18(19)27-2)20(23)21-9-6-10-28-15-7-4-3-5-8-15/h13-15H,3-12H2,1-2H3,(H,21,23). The maximum atomic E-state index is 12.5. The van der Waals surface area contributed by atoms with E-state index >= 15 is 0 Å². The lowest BCUT2D eigenvalue weighted by molar-refractivity contribution is -0.385. The highest BCUT2D eigenvalue weighted by atomic mass is 16.6. The number of benzene rings is 1. The zero-order valence-electron chi connectivity index (χ0n) is 17.1. The molecule has 1 N–H and O–H groups in total. The van der Waals surface area contributed by atoms with Gasteiger partial charge in [-0.05, 0) is 19.3 Å². The molecule has 9 nitrogen and oxygen atoms in total. The molecule has 1 saturated carbocycles. The van der Waals surface area contributed by atoms with E-state index in [1.807, 2.05) is 0 Å². The van der Waals surface area contributed by atoms with Crippen LogP contribution in [-0.2, 0) is 9.47 Å². The Hall–Kier alpha value is -2.39. The average Bonchev–Trinajstić information content (AvgIpc) is 2.73. The second kappa shape index (κ2) is 12.2. The molecular formula is C20H30N2O7. The molecule has 1 aliphatic rings. The van der Waals surface area contributed by atoms with Gasteiger partial charge in [0.1, 0.15) is 12.2 Å². The second-order valence-electron chi connectivity index (χ2n) is 6.86. The number of amides is 1. The number of nitrogens with one attached hydrogen (secondary N) is 1. The molecule has 0 spiro atoms. The average molecular weight is 410 g/mol. The summed E-state index contributed by atoms with van der Waals surface area (Å²) in [7, 11) is 2.94. The van der Waals surface area contributed by atoms with Crippen LogP contribution >= 0.6 is 0 Å². The number of carbonyl (C=O) groups excluding carboxylic acids is 1. The summed E-state index contributed by atoms with van der Waals surface area (Å²) in [6.07, 6.45) is 6.83. The van der Waals surface area contributed by atoms with E-state index in [9.17, 15) is 14.9 Å².